The number of carbonyl (C=O) groups is 2. The van der Waals surface area contributed by atoms with Gasteiger partial charge in [-0.25, -0.2) is 4.79 Å². The van der Waals surface area contributed by atoms with Gasteiger partial charge >= 0.3 is 6.03 Å². The van der Waals surface area contributed by atoms with E-state index in [1.54, 1.807) is 0 Å². The molecule has 0 aromatic rings. The zero-order valence-corrected chi connectivity index (χ0v) is 9.74. The molecule has 2 fully saturated rings. The summed E-state index contributed by atoms with van der Waals surface area (Å²) >= 11 is 0. The van der Waals surface area contributed by atoms with Crippen LogP contribution in [0.5, 0.6) is 0 Å². The molecule has 0 radical (unpaired) electrons. The van der Waals surface area contributed by atoms with Crippen molar-refractivity contribution >= 4 is 11.9 Å². The number of nitrogens with zero attached hydrogens (tertiary/aromatic N) is 2. The summed E-state index contributed by atoms with van der Waals surface area (Å²) in [6.45, 7) is 5.82. The molecule has 5 nitrogen and oxygen atoms in total. The first kappa shape index (κ1) is 11.4. The number of likely N-dealkylation sites (N-methyl/N-ethyl adjacent to an activating group) is 1. The minimum absolute atomic E-state index is 0.149. The summed E-state index contributed by atoms with van der Waals surface area (Å²) < 4.78 is 0. The smallest absolute Gasteiger partial charge is 0.320 e. The zero-order chi connectivity index (χ0) is 11.5. The van der Waals surface area contributed by atoms with Crippen molar-refractivity contribution in [3.8, 4) is 0 Å². The quantitative estimate of drug-likeness (QED) is 0.740. The van der Waals surface area contributed by atoms with Crippen LogP contribution in [-0.2, 0) is 4.79 Å². The van der Waals surface area contributed by atoms with E-state index in [0.717, 1.165) is 32.5 Å². The van der Waals surface area contributed by atoms with Gasteiger partial charge in [0.15, 0.2) is 0 Å². The van der Waals surface area contributed by atoms with E-state index in [-0.39, 0.29) is 18.0 Å². The number of nitrogens with one attached hydrogen (secondary N) is 1. The Morgan fingerprint density at radius 2 is 2.19 bits per heavy atom. The topological polar surface area (TPSA) is 52.6 Å². The lowest BCUT2D eigenvalue weighted by atomic mass is 10.0. The first-order valence-electron chi connectivity index (χ1n) is 6.03. The zero-order valence-electron chi connectivity index (χ0n) is 9.74. The Morgan fingerprint density at radius 1 is 1.38 bits per heavy atom. The standard InChI is InChI=1S/C11H19N3O2/c1-2-13-6-3-4-9(8-13)14-7-5-10(15)12-11(14)16/h9H,2-8H2,1H3,(H,12,15,16). The van der Waals surface area contributed by atoms with Gasteiger partial charge in [-0.05, 0) is 25.9 Å². The molecule has 2 aliphatic rings. The highest BCUT2D eigenvalue weighted by Gasteiger charge is 2.31. The Hall–Kier alpha value is -1.10. The van der Waals surface area contributed by atoms with Gasteiger partial charge in [0.1, 0.15) is 0 Å². The average molecular weight is 225 g/mol. The molecule has 3 amide bonds. The van der Waals surface area contributed by atoms with E-state index in [0.29, 0.717) is 13.0 Å². The Bertz CT molecular complexity index is 293. The molecule has 1 N–H and O–H groups in total. The van der Waals surface area contributed by atoms with Crippen LogP contribution in [0.25, 0.3) is 0 Å². The second-order valence-corrected chi connectivity index (χ2v) is 4.49. The van der Waals surface area contributed by atoms with Gasteiger partial charge in [-0.2, -0.15) is 0 Å². The molecule has 0 aromatic heterocycles. The van der Waals surface area contributed by atoms with Crippen molar-refractivity contribution in [1.29, 1.82) is 0 Å². The second-order valence-electron chi connectivity index (χ2n) is 4.49. The number of amides is 3. The first-order chi connectivity index (χ1) is 7.70. The molecular weight excluding hydrogens is 206 g/mol. The van der Waals surface area contributed by atoms with Crippen LogP contribution in [0.4, 0.5) is 4.79 Å². The Balaban J connectivity index is 1.96. The van der Waals surface area contributed by atoms with E-state index in [4.69, 9.17) is 0 Å². The van der Waals surface area contributed by atoms with Gasteiger partial charge in [0.25, 0.3) is 0 Å². The molecule has 1 atom stereocenters. The van der Waals surface area contributed by atoms with Crippen molar-refractivity contribution in [1.82, 2.24) is 15.1 Å². The minimum Gasteiger partial charge on any atom is -0.320 e. The SMILES string of the molecule is CCN1CCCC(N2CCC(=O)NC2=O)C1. The van der Waals surface area contributed by atoms with Gasteiger partial charge in [-0.1, -0.05) is 6.92 Å². The lowest BCUT2D eigenvalue weighted by Crippen LogP contribution is -2.57. The van der Waals surface area contributed by atoms with Gasteiger partial charge in [0, 0.05) is 25.6 Å². The van der Waals surface area contributed by atoms with Gasteiger partial charge < -0.3 is 9.80 Å². The predicted octanol–water partition coefficient (Wildman–Crippen LogP) is 0.413. The average Bonchev–Trinajstić information content (AvgIpc) is 2.29. The van der Waals surface area contributed by atoms with Gasteiger partial charge in [0.2, 0.25) is 5.91 Å². The maximum Gasteiger partial charge on any atom is 0.324 e. The molecule has 0 aromatic carbocycles. The maximum absolute atomic E-state index is 11.7. The Morgan fingerprint density at radius 3 is 2.88 bits per heavy atom. The van der Waals surface area contributed by atoms with Crippen LogP contribution < -0.4 is 5.32 Å². The Kier molecular flexibility index (Phi) is 3.43. The normalized spacial score (nSPS) is 28.1. The molecule has 0 bridgehead atoms. The molecule has 2 heterocycles. The van der Waals surface area contributed by atoms with Crippen LogP contribution in [0.2, 0.25) is 0 Å². The number of hydrogen-bond donors (Lipinski definition) is 1. The summed E-state index contributed by atoms with van der Waals surface area (Å²) in [6.07, 6.45) is 2.63. The highest BCUT2D eigenvalue weighted by molar-refractivity contribution is 5.96. The van der Waals surface area contributed by atoms with Crippen molar-refractivity contribution in [2.75, 3.05) is 26.2 Å². The van der Waals surface area contributed by atoms with Crippen molar-refractivity contribution in [2.45, 2.75) is 32.2 Å². The van der Waals surface area contributed by atoms with Crippen LogP contribution in [0.15, 0.2) is 0 Å². The molecule has 90 valence electrons. The fraction of sp³-hybridized carbons (Fsp3) is 0.818. The number of carbonyl (C=O) groups excluding carboxylic acids is 2. The highest BCUT2D eigenvalue weighted by Crippen LogP contribution is 2.17. The van der Waals surface area contributed by atoms with E-state index in [9.17, 15) is 9.59 Å². The maximum atomic E-state index is 11.7. The second kappa shape index (κ2) is 4.82. The third-order valence-corrected chi connectivity index (χ3v) is 3.46. The van der Waals surface area contributed by atoms with Crippen LogP contribution in [0, 0.1) is 0 Å². The first-order valence-corrected chi connectivity index (χ1v) is 6.03. The monoisotopic (exact) mass is 225 g/mol. The van der Waals surface area contributed by atoms with Crippen molar-refractivity contribution in [2.24, 2.45) is 0 Å². The molecule has 16 heavy (non-hydrogen) atoms. The number of urea groups is 1. The summed E-state index contributed by atoms with van der Waals surface area (Å²) in [5.41, 5.74) is 0. The predicted molar refractivity (Wildman–Crippen MR) is 60.0 cm³/mol. The fourth-order valence-electron chi connectivity index (χ4n) is 2.50. The van der Waals surface area contributed by atoms with Crippen LogP contribution in [-0.4, -0.2) is 54.0 Å². The summed E-state index contributed by atoms with van der Waals surface area (Å²) in [6, 6.07) is 0.0704. The van der Waals surface area contributed by atoms with Gasteiger partial charge in [-0.15, -0.1) is 0 Å². The molecule has 2 aliphatic heterocycles. The van der Waals surface area contributed by atoms with E-state index in [1.165, 1.54) is 0 Å². The van der Waals surface area contributed by atoms with Gasteiger partial charge in [-0.3, -0.25) is 10.1 Å². The molecule has 0 spiro atoms. The minimum atomic E-state index is -0.209. The van der Waals surface area contributed by atoms with Crippen molar-refractivity contribution in [3.05, 3.63) is 0 Å². The van der Waals surface area contributed by atoms with E-state index >= 15 is 0 Å². The van der Waals surface area contributed by atoms with Crippen LogP contribution >= 0.6 is 0 Å². The van der Waals surface area contributed by atoms with Crippen LogP contribution in [0.3, 0.4) is 0 Å². The highest BCUT2D eigenvalue weighted by atomic mass is 16.2. The lowest BCUT2D eigenvalue weighted by molar-refractivity contribution is -0.121. The van der Waals surface area contributed by atoms with Crippen molar-refractivity contribution in [3.63, 3.8) is 0 Å². The molecule has 2 saturated heterocycles. The Labute approximate surface area is 95.8 Å². The molecule has 2 rings (SSSR count). The fourth-order valence-corrected chi connectivity index (χ4v) is 2.50. The number of hydrogen-bond acceptors (Lipinski definition) is 3. The van der Waals surface area contributed by atoms with Crippen LogP contribution in [0.1, 0.15) is 26.2 Å². The lowest BCUT2D eigenvalue weighted by Gasteiger charge is -2.40. The van der Waals surface area contributed by atoms with E-state index in [1.807, 2.05) is 4.90 Å². The number of likely N-dealkylation sites (tertiary alicyclic amines) is 1. The van der Waals surface area contributed by atoms with E-state index in [2.05, 4.69) is 17.1 Å². The summed E-state index contributed by atoms with van der Waals surface area (Å²) in [5, 5.41) is 2.39. The number of piperidine rings is 1. The van der Waals surface area contributed by atoms with Gasteiger partial charge in [0.05, 0.1) is 0 Å². The summed E-state index contributed by atoms with van der Waals surface area (Å²) in [7, 11) is 0. The largest absolute Gasteiger partial charge is 0.324 e. The third-order valence-electron chi connectivity index (χ3n) is 3.46. The molecule has 1 unspecified atom stereocenters. The summed E-state index contributed by atoms with van der Waals surface area (Å²) in [5.74, 6) is -0.149. The summed E-state index contributed by atoms with van der Waals surface area (Å²) in [4.78, 5) is 26.9. The molecule has 5 heteroatoms. The molecule has 0 saturated carbocycles. The third kappa shape index (κ3) is 2.35. The van der Waals surface area contributed by atoms with Crippen molar-refractivity contribution < 1.29 is 9.59 Å². The molecule has 0 aliphatic carbocycles. The number of rotatable bonds is 2. The van der Waals surface area contributed by atoms with E-state index < -0.39 is 0 Å². The molecular formula is C11H19N3O2. The number of imide groups is 1.